The number of carbonyl (C=O) groups excluding carboxylic acids is 3. The fourth-order valence-corrected chi connectivity index (χ4v) is 2.04. The second-order valence-electron chi connectivity index (χ2n) is 4.46. The third kappa shape index (κ3) is 2.29. The zero-order valence-corrected chi connectivity index (χ0v) is 10.6. The van der Waals surface area contributed by atoms with Crippen LogP contribution in [0.25, 0.3) is 0 Å². The van der Waals surface area contributed by atoms with Crippen molar-refractivity contribution in [2.24, 2.45) is 0 Å². The molecule has 0 aliphatic carbocycles. The summed E-state index contributed by atoms with van der Waals surface area (Å²) in [6.07, 6.45) is 0. The molecular weight excluding hydrogens is 248 g/mol. The molecule has 1 saturated heterocycles. The molecule has 1 fully saturated rings. The molecule has 0 spiro atoms. The van der Waals surface area contributed by atoms with E-state index < -0.39 is 30.5 Å². The number of carboxylic acids is 1. The van der Waals surface area contributed by atoms with Crippen LogP contribution >= 0.6 is 0 Å². The molecule has 0 N–H and O–H groups in total. The largest absolute Gasteiger partial charge is 0.548 e. The van der Waals surface area contributed by atoms with Crippen molar-refractivity contribution < 1.29 is 19.5 Å². The Morgan fingerprint density at radius 1 is 1.26 bits per heavy atom. The minimum Gasteiger partial charge on any atom is -0.548 e. The topological polar surface area (TPSA) is 80.8 Å². The van der Waals surface area contributed by atoms with E-state index in [0.717, 1.165) is 5.56 Å². The summed E-state index contributed by atoms with van der Waals surface area (Å²) in [5.74, 6) is -1.99. The first-order chi connectivity index (χ1) is 8.91. The number of aliphatic carboxylic acids is 1. The Morgan fingerprint density at radius 2 is 1.84 bits per heavy atom. The van der Waals surface area contributed by atoms with Crippen molar-refractivity contribution in [3.63, 3.8) is 0 Å². The monoisotopic (exact) mass is 261 g/mol. The minimum atomic E-state index is -1.46. The predicted molar refractivity (Wildman–Crippen MR) is 65.2 cm³/mol. The minimum absolute atomic E-state index is 0.533. The summed E-state index contributed by atoms with van der Waals surface area (Å²) in [6.45, 7) is 2.76. The van der Waals surface area contributed by atoms with Crippen LogP contribution in [0.3, 0.4) is 0 Å². The van der Waals surface area contributed by atoms with Crippen LogP contribution in [0.2, 0.25) is 0 Å². The highest BCUT2D eigenvalue weighted by Crippen LogP contribution is 2.25. The molecule has 0 bridgehead atoms. The van der Waals surface area contributed by atoms with Crippen molar-refractivity contribution in [2.75, 3.05) is 11.4 Å². The lowest BCUT2D eigenvalue weighted by atomic mass is 10.2. The Kier molecular flexibility index (Phi) is 3.25. The van der Waals surface area contributed by atoms with Gasteiger partial charge in [0, 0.05) is 5.69 Å². The van der Waals surface area contributed by atoms with Crippen molar-refractivity contribution >= 4 is 23.6 Å². The van der Waals surface area contributed by atoms with Gasteiger partial charge in [-0.25, -0.2) is 4.79 Å². The maximum absolute atomic E-state index is 12.1. The summed E-state index contributed by atoms with van der Waals surface area (Å²) < 4.78 is 0. The molecule has 1 aliphatic rings. The predicted octanol–water partition coefficient (Wildman–Crippen LogP) is -0.0980. The molecule has 1 atom stereocenters. The van der Waals surface area contributed by atoms with E-state index in [1.54, 1.807) is 19.1 Å². The molecular formula is C13H13N2O4-. The number of nitrogens with zero attached hydrogens (tertiary/aromatic N) is 2. The van der Waals surface area contributed by atoms with E-state index in [1.165, 1.54) is 4.90 Å². The Morgan fingerprint density at radius 3 is 2.37 bits per heavy atom. The SMILES string of the molecule is Cc1ccc(N2C(=O)N(CC(=O)[O-])C(=O)[C@H]2C)cc1. The quantitative estimate of drug-likeness (QED) is 0.712. The van der Waals surface area contributed by atoms with Crippen LogP contribution in [0.4, 0.5) is 10.5 Å². The van der Waals surface area contributed by atoms with Crippen LogP contribution in [0.1, 0.15) is 12.5 Å². The molecule has 6 nitrogen and oxygen atoms in total. The summed E-state index contributed by atoms with van der Waals surface area (Å²) in [4.78, 5) is 36.5. The van der Waals surface area contributed by atoms with E-state index >= 15 is 0 Å². The first-order valence-electron chi connectivity index (χ1n) is 5.83. The van der Waals surface area contributed by atoms with Crippen molar-refractivity contribution in [3.05, 3.63) is 29.8 Å². The first-order valence-corrected chi connectivity index (χ1v) is 5.83. The van der Waals surface area contributed by atoms with E-state index in [9.17, 15) is 19.5 Å². The maximum atomic E-state index is 12.1. The number of carbonyl (C=O) groups is 3. The van der Waals surface area contributed by atoms with E-state index in [2.05, 4.69) is 0 Å². The number of urea groups is 1. The van der Waals surface area contributed by atoms with Gasteiger partial charge in [0.1, 0.15) is 6.04 Å². The van der Waals surface area contributed by atoms with Crippen LogP contribution in [-0.2, 0) is 9.59 Å². The lowest BCUT2D eigenvalue weighted by Gasteiger charge is -2.19. The summed E-state index contributed by atoms with van der Waals surface area (Å²) in [6, 6.07) is 5.74. The fraction of sp³-hybridized carbons (Fsp3) is 0.308. The highest BCUT2D eigenvalue weighted by molar-refractivity contribution is 6.15. The third-order valence-electron chi connectivity index (χ3n) is 3.05. The van der Waals surface area contributed by atoms with Gasteiger partial charge in [-0.2, -0.15) is 0 Å². The van der Waals surface area contributed by atoms with Crippen LogP contribution in [0.5, 0.6) is 0 Å². The number of carboxylic acid groups (broad SMARTS) is 1. The summed E-state index contributed by atoms with van der Waals surface area (Å²) in [7, 11) is 0. The van der Waals surface area contributed by atoms with Crippen LogP contribution < -0.4 is 10.0 Å². The number of anilines is 1. The van der Waals surface area contributed by atoms with Gasteiger partial charge >= 0.3 is 6.03 Å². The van der Waals surface area contributed by atoms with Crippen molar-refractivity contribution in [1.82, 2.24) is 4.90 Å². The molecule has 1 aliphatic heterocycles. The van der Waals surface area contributed by atoms with Crippen LogP contribution in [0.15, 0.2) is 24.3 Å². The van der Waals surface area contributed by atoms with Crippen molar-refractivity contribution in [3.8, 4) is 0 Å². The maximum Gasteiger partial charge on any atom is 0.332 e. The Hall–Kier alpha value is -2.37. The second-order valence-corrected chi connectivity index (χ2v) is 4.46. The van der Waals surface area contributed by atoms with Gasteiger partial charge in [0.05, 0.1) is 12.5 Å². The fourth-order valence-electron chi connectivity index (χ4n) is 2.04. The molecule has 100 valence electrons. The van der Waals surface area contributed by atoms with Gasteiger partial charge in [0.15, 0.2) is 0 Å². The standard InChI is InChI=1S/C13H14N2O4/c1-8-3-5-10(6-4-8)15-9(2)12(18)14(13(15)19)7-11(16)17/h3-6,9H,7H2,1-2H3,(H,16,17)/p-1/t9-/m1/s1. The number of benzene rings is 1. The molecule has 0 aromatic heterocycles. The van der Waals surface area contributed by atoms with Gasteiger partial charge in [0.25, 0.3) is 5.91 Å². The third-order valence-corrected chi connectivity index (χ3v) is 3.05. The number of hydrogen-bond donors (Lipinski definition) is 0. The molecule has 19 heavy (non-hydrogen) atoms. The highest BCUT2D eigenvalue weighted by atomic mass is 16.4. The molecule has 2 rings (SSSR count). The van der Waals surface area contributed by atoms with Crippen LogP contribution in [-0.4, -0.2) is 35.4 Å². The molecule has 1 aromatic carbocycles. The molecule has 1 aromatic rings. The number of amides is 3. The van der Waals surface area contributed by atoms with Crippen molar-refractivity contribution in [2.45, 2.75) is 19.9 Å². The lowest BCUT2D eigenvalue weighted by Crippen LogP contribution is -2.42. The Bertz CT molecular complexity index is 538. The van der Waals surface area contributed by atoms with E-state index in [1.807, 2.05) is 19.1 Å². The number of hydrogen-bond acceptors (Lipinski definition) is 4. The molecule has 3 amide bonds. The van der Waals surface area contributed by atoms with Gasteiger partial charge in [-0.05, 0) is 26.0 Å². The van der Waals surface area contributed by atoms with Gasteiger partial charge in [-0.1, -0.05) is 17.7 Å². The summed E-state index contributed by atoms with van der Waals surface area (Å²) in [5, 5.41) is 10.6. The summed E-state index contributed by atoms with van der Waals surface area (Å²) in [5.41, 5.74) is 1.60. The van der Waals surface area contributed by atoms with E-state index in [0.29, 0.717) is 10.6 Å². The zero-order chi connectivity index (χ0) is 14.2. The highest BCUT2D eigenvalue weighted by Gasteiger charge is 2.43. The Labute approximate surface area is 110 Å². The molecule has 1 heterocycles. The normalized spacial score (nSPS) is 19.2. The Balaban J connectivity index is 2.32. The average Bonchev–Trinajstić information content (AvgIpc) is 2.55. The zero-order valence-electron chi connectivity index (χ0n) is 10.6. The first kappa shape index (κ1) is 13.1. The summed E-state index contributed by atoms with van der Waals surface area (Å²) >= 11 is 0. The number of imide groups is 1. The van der Waals surface area contributed by atoms with Gasteiger partial charge in [0.2, 0.25) is 0 Å². The molecule has 0 radical (unpaired) electrons. The van der Waals surface area contributed by atoms with Crippen molar-refractivity contribution in [1.29, 1.82) is 0 Å². The van der Waals surface area contributed by atoms with Gasteiger partial charge < -0.3 is 9.90 Å². The molecule has 0 saturated carbocycles. The van der Waals surface area contributed by atoms with Gasteiger partial charge in [-0.3, -0.25) is 14.6 Å². The number of aryl methyl sites for hydroxylation is 1. The molecule has 6 heteroatoms. The van der Waals surface area contributed by atoms with Gasteiger partial charge in [-0.15, -0.1) is 0 Å². The lowest BCUT2D eigenvalue weighted by molar-refractivity contribution is -0.305. The van der Waals surface area contributed by atoms with Crippen LogP contribution in [0, 0.1) is 6.92 Å². The second kappa shape index (κ2) is 4.72. The molecule has 0 unspecified atom stereocenters. The van der Waals surface area contributed by atoms with E-state index in [4.69, 9.17) is 0 Å². The smallest absolute Gasteiger partial charge is 0.332 e. The van der Waals surface area contributed by atoms with E-state index in [-0.39, 0.29) is 0 Å². The number of rotatable bonds is 3. The average molecular weight is 261 g/mol.